The quantitative estimate of drug-likeness (QED) is 0.707. The molecule has 28 heavy (non-hydrogen) atoms. The predicted molar refractivity (Wildman–Crippen MR) is 108 cm³/mol. The van der Waals surface area contributed by atoms with Crippen LogP contribution in [0.15, 0.2) is 59.2 Å². The highest BCUT2D eigenvalue weighted by atomic mass is 35.5. The molecule has 144 valence electrons. The minimum absolute atomic E-state index is 0.00842. The molecule has 1 N–H and O–H groups in total. The summed E-state index contributed by atoms with van der Waals surface area (Å²) in [5.41, 5.74) is 1.64. The van der Waals surface area contributed by atoms with Crippen molar-refractivity contribution in [1.82, 2.24) is 15.5 Å². The van der Waals surface area contributed by atoms with Gasteiger partial charge in [0.25, 0.3) is 0 Å². The first-order valence-electron chi connectivity index (χ1n) is 9.34. The van der Waals surface area contributed by atoms with Crippen molar-refractivity contribution in [2.45, 2.75) is 19.4 Å². The van der Waals surface area contributed by atoms with E-state index in [0.717, 1.165) is 37.3 Å². The Morgan fingerprint density at radius 2 is 1.93 bits per heavy atom. The second-order valence-corrected chi connectivity index (χ2v) is 7.23. The minimum atomic E-state index is 0.00842. The van der Waals surface area contributed by atoms with E-state index in [-0.39, 0.29) is 11.8 Å². The monoisotopic (exact) mass is 396 g/mol. The first kappa shape index (κ1) is 18.5. The van der Waals surface area contributed by atoms with Crippen LogP contribution >= 0.6 is 11.6 Å². The maximum atomic E-state index is 12.5. The smallest absolute Gasteiger partial charge is 0.223 e. The number of hydrogen-bond donors (Lipinski definition) is 1. The zero-order chi connectivity index (χ0) is 19.3. The topological polar surface area (TPSA) is 71.3 Å². The van der Waals surface area contributed by atoms with E-state index in [0.29, 0.717) is 23.0 Å². The lowest BCUT2D eigenvalue weighted by molar-refractivity contribution is -0.125. The van der Waals surface area contributed by atoms with Gasteiger partial charge < -0.3 is 14.6 Å². The molecule has 0 radical (unpaired) electrons. The first-order chi connectivity index (χ1) is 13.7. The molecule has 6 nitrogen and oxygen atoms in total. The molecule has 1 aliphatic heterocycles. The van der Waals surface area contributed by atoms with Crippen molar-refractivity contribution < 1.29 is 9.21 Å². The number of aromatic nitrogens is 2. The van der Waals surface area contributed by atoms with Gasteiger partial charge >= 0.3 is 0 Å². The number of rotatable bonds is 5. The summed E-state index contributed by atoms with van der Waals surface area (Å²) >= 11 is 6.15. The Labute approximate surface area is 168 Å². The molecule has 0 saturated carbocycles. The summed E-state index contributed by atoms with van der Waals surface area (Å²) in [5.74, 6) is 1.62. The maximum Gasteiger partial charge on any atom is 0.223 e. The van der Waals surface area contributed by atoms with Crippen LogP contribution in [0.25, 0.3) is 11.5 Å². The molecule has 0 aliphatic carbocycles. The average Bonchev–Trinajstić information content (AvgIpc) is 3.28. The van der Waals surface area contributed by atoms with Crippen LogP contribution in [-0.4, -0.2) is 29.2 Å². The van der Waals surface area contributed by atoms with Gasteiger partial charge in [0, 0.05) is 30.6 Å². The molecule has 3 aromatic rings. The summed E-state index contributed by atoms with van der Waals surface area (Å²) in [5, 5.41) is 12.2. The van der Waals surface area contributed by atoms with Crippen molar-refractivity contribution in [2.24, 2.45) is 5.92 Å². The van der Waals surface area contributed by atoms with Crippen LogP contribution in [-0.2, 0) is 11.3 Å². The molecule has 2 aromatic heterocycles. The summed E-state index contributed by atoms with van der Waals surface area (Å²) in [7, 11) is 0. The number of furan rings is 1. The van der Waals surface area contributed by atoms with E-state index < -0.39 is 0 Å². The van der Waals surface area contributed by atoms with Gasteiger partial charge in [0.1, 0.15) is 5.69 Å². The first-order valence-corrected chi connectivity index (χ1v) is 9.72. The molecule has 3 heterocycles. The predicted octanol–water partition coefficient (Wildman–Crippen LogP) is 3.92. The summed E-state index contributed by atoms with van der Waals surface area (Å²) in [6.07, 6.45) is 3.19. The van der Waals surface area contributed by atoms with Crippen molar-refractivity contribution >= 4 is 23.3 Å². The van der Waals surface area contributed by atoms with Crippen molar-refractivity contribution in [3.8, 4) is 11.5 Å². The Morgan fingerprint density at radius 3 is 2.61 bits per heavy atom. The number of nitrogens with one attached hydrogen (secondary N) is 1. The van der Waals surface area contributed by atoms with E-state index in [1.165, 1.54) is 0 Å². The summed E-state index contributed by atoms with van der Waals surface area (Å²) in [4.78, 5) is 14.7. The van der Waals surface area contributed by atoms with Gasteiger partial charge in [-0.3, -0.25) is 4.79 Å². The lowest BCUT2D eigenvalue weighted by atomic mass is 9.96. The highest BCUT2D eigenvalue weighted by Gasteiger charge is 2.25. The third-order valence-electron chi connectivity index (χ3n) is 5.02. The van der Waals surface area contributed by atoms with Crippen LogP contribution in [0.4, 0.5) is 5.82 Å². The lowest BCUT2D eigenvalue weighted by Gasteiger charge is -2.31. The second-order valence-electron chi connectivity index (χ2n) is 6.82. The van der Waals surface area contributed by atoms with Gasteiger partial charge in [-0.05, 0) is 48.7 Å². The number of benzene rings is 1. The number of carbonyl (C=O) groups excluding carboxylic acids is 1. The summed E-state index contributed by atoms with van der Waals surface area (Å²) in [6, 6.07) is 15.1. The molecule has 1 fully saturated rings. The highest BCUT2D eigenvalue weighted by Crippen LogP contribution is 2.24. The fourth-order valence-corrected chi connectivity index (χ4v) is 3.59. The van der Waals surface area contributed by atoms with Crippen molar-refractivity contribution in [1.29, 1.82) is 0 Å². The molecule has 0 spiro atoms. The van der Waals surface area contributed by atoms with Gasteiger partial charge in [-0.1, -0.05) is 29.8 Å². The van der Waals surface area contributed by atoms with Gasteiger partial charge in [-0.2, -0.15) is 0 Å². The van der Waals surface area contributed by atoms with Crippen LogP contribution < -0.4 is 10.2 Å². The number of halogens is 1. The van der Waals surface area contributed by atoms with E-state index in [9.17, 15) is 4.79 Å². The van der Waals surface area contributed by atoms with Gasteiger partial charge in [-0.25, -0.2) is 0 Å². The Morgan fingerprint density at radius 1 is 1.11 bits per heavy atom. The van der Waals surface area contributed by atoms with Crippen molar-refractivity contribution in [3.63, 3.8) is 0 Å². The third kappa shape index (κ3) is 4.17. The molecule has 1 aromatic carbocycles. The number of amides is 1. The van der Waals surface area contributed by atoms with Gasteiger partial charge in [0.15, 0.2) is 11.6 Å². The fraction of sp³-hybridized carbons (Fsp3) is 0.286. The van der Waals surface area contributed by atoms with Crippen LogP contribution in [0.1, 0.15) is 18.4 Å². The lowest BCUT2D eigenvalue weighted by Crippen LogP contribution is -2.40. The van der Waals surface area contributed by atoms with Crippen LogP contribution in [0, 0.1) is 5.92 Å². The van der Waals surface area contributed by atoms with Crippen molar-refractivity contribution in [2.75, 3.05) is 18.0 Å². The molecule has 7 heteroatoms. The average molecular weight is 397 g/mol. The van der Waals surface area contributed by atoms with E-state index in [1.54, 1.807) is 6.26 Å². The minimum Gasteiger partial charge on any atom is -0.463 e. The molecule has 1 amide bonds. The van der Waals surface area contributed by atoms with Gasteiger partial charge in [0.2, 0.25) is 5.91 Å². The van der Waals surface area contributed by atoms with Gasteiger partial charge in [0.05, 0.1) is 6.26 Å². The molecular weight excluding hydrogens is 376 g/mol. The molecular formula is C21H21ClN4O2. The summed E-state index contributed by atoms with van der Waals surface area (Å²) < 4.78 is 5.34. The van der Waals surface area contributed by atoms with Gasteiger partial charge in [-0.15, -0.1) is 10.2 Å². The zero-order valence-corrected chi connectivity index (χ0v) is 16.1. The highest BCUT2D eigenvalue weighted by molar-refractivity contribution is 6.31. The molecule has 1 saturated heterocycles. The third-order valence-corrected chi connectivity index (χ3v) is 5.39. The number of piperidine rings is 1. The van der Waals surface area contributed by atoms with E-state index in [4.69, 9.17) is 16.0 Å². The molecule has 0 unspecified atom stereocenters. The number of hydrogen-bond acceptors (Lipinski definition) is 5. The normalized spacial score (nSPS) is 14.8. The summed E-state index contributed by atoms with van der Waals surface area (Å²) in [6.45, 7) is 2.01. The van der Waals surface area contributed by atoms with Crippen LogP contribution in [0.5, 0.6) is 0 Å². The zero-order valence-electron chi connectivity index (χ0n) is 15.3. The standard InChI is InChI=1S/C21H21ClN4O2/c22-17-5-2-1-4-16(17)14-23-21(27)15-9-11-26(12-10-15)20-8-7-18(24-25-20)19-6-3-13-28-19/h1-8,13,15H,9-12,14H2,(H,23,27). The fourth-order valence-electron chi connectivity index (χ4n) is 3.39. The van der Waals surface area contributed by atoms with Crippen LogP contribution in [0.3, 0.4) is 0 Å². The largest absolute Gasteiger partial charge is 0.463 e. The van der Waals surface area contributed by atoms with Crippen LogP contribution in [0.2, 0.25) is 5.02 Å². The van der Waals surface area contributed by atoms with Crippen molar-refractivity contribution in [3.05, 3.63) is 65.4 Å². The number of anilines is 1. The number of nitrogens with zero attached hydrogens (tertiary/aromatic N) is 3. The molecule has 1 aliphatic rings. The SMILES string of the molecule is O=C(NCc1ccccc1Cl)C1CCN(c2ccc(-c3ccco3)nn2)CC1. The Hall–Kier alpha value is -2.86. The van der Waals surface area contributed by atoms with E-state index >= 15 is 0 Å². The molecule has 0 atom stereocenters. The Kier molecular flexibility index (Phi) is 5.58. The molecule has 4 rings (SSSR count). The Balaban J connectivity index is 1.29. The number of carbonyl (C=O) groups is 1. The van der Waals surface area contributed by atoms with E-state index in [1.807, 2.05) is 48.5 Å². The maximum absolute atomic E-state index is 12.5. The molecule has 0 bridgehead atoms. The Bertz CT molecular complexity index is 920. The van der Waals surface area contributed by atoms with E-state index in [2.05, 4.69) is 20.4 Å². The second kappa shape index (κ2) is 8.44.